The van der Waals surface area contributed by atoms with Crippen molar-refractivity contribution in [1.29, 1.82) is 0 Å². The SMILES string of the molecule is O=C(N/N=C/c1ccc(OC(=O)c2ccc([N+](=O)[O-])cc2)cc1)C(=O)Nc1cc(Cl)ccc1Cl. The number of nitrogens with zero attached hydrogens (tertiary/aromatic N) is 2. The number of nitro groups is 1. The zero-order valence-corrected chi connectivity index (χ0v) is 18.5. The molecule has 34 heavy (non-hydrogen) atoms. The molecule has 0 bridgehead atoms. The monoisotopic (exact) mass is 500 g/mol. The van der Waals surface area contributed by atoms with E-state index in [1.54, 1.807) is 12.1 Å². The van der Waals surface area contributed by atoms with Crippen molar-refractivity contribution in [2.75, 3.05) is 5.32 Å². The van der Waals surface area contributed by atoms with Crippen molar-refractivity contribution in [3.63, 3.8) is 0 Å². The summed E-state index contributed by atoms with van der Waals surface area (Å²) in [6, 6.07) is 15.5. The van der Waals surface area contributed by atoms with Crippen LogP contribution in [-0.2, 0) is 9.59 Å². The van der Waals surface area contributed by atoms with Crippen molar-refractivity contribution in [2.24, 2.45) is 5.10 Å². The summed E-state index contributed by atoms with van der Waals surface area (Å²) in [7, 11) is 0. The van der Waals surface area contributed by atoms with Gasteiger partial charge in [0.15, 0.2) is 0 Å². The molecule has 2 amide bonds. The summed E-state index contributed by atoms with van der Waals surface area (Å²) in [5.74, 6) is -2.48. The second kappa shape index (κ2) is 11.0. The number of anilines is 1. The second-order valence-electron chi connectivity index (χ2n) is 6.54. The molecule has 0 fully saturated rings. The highest BCUT2D eigenvalue weighted by Crippen LogP contribution is 2.25. The number of hydrogen-bond acceptors (Lipinski definition) is 7. The summed E-state index contributed by atoms with van der Waals surface area (Å²) in [6.45, 7) is 0. The van der Waals surface area contributed by atoms with Gasteiger partial charge in [-0.15, -0.1) is 0 Å². The number of hydrazone groups is 1. The van der Waals surface area contributed by atoms with Gasteiger partial charge < -0.3 is 10.1 Å². The average Bonchev–Trinajstić information content (AvgIpc) is 2.82. The van der Waals surface area contributed by atoms with Gasteiger partial charge in [0, 0.05) is 17.2 Å². The molecule has 12 heteroatoms. The van der Waals surface area contributed by atoms with E-state index in [-0.39, 0.29) is 27.7 Å². The van der Waals surface area contributed by atoms with Crippen molar-refractivity contribution >= 4 is 58.6 Å². The molecule has 3 aromatic carbocycles. The van der Waals surface area contributed by atoms with Crippen LogP contribution in [0.2, 0.25) is 10.0 Å². The molecule has 0 unspecified atom stereocenters. The highest BCUT2D eigenvalue weighted by Gasteiger charge is 2.15. The van der Waals surface area contributed by atoms with E-state index in [9.17, 15) is 24.5 Å². The number of nitro benzene ring substituents is 1. The number of hydrogen-bond donors (Lipinski definition) is 2. The zero-order valence-electron chi connectivity index (χ0n) is 17.0. The lowest BCUT2D eigenvalue weighted by molar-refractivity contribution is -0.384. The summed E-state index contributed by atoms with van der Waals surface area (Å²) in [5.41, 5.74) is 2.80. The predicted molar refractivity (Wildman–Crippen MR) is 125 cm³/mol. The predicted octanol–water partition coefficient (Wildman–Crippen LogP) is 4.21. The molecule has 2 N–H and O–H groups in total. The Morgan fingerprint density at radius 3 is 2.26 bits per heavy atom. The maximum absolute atomic E-state index is 12.1. The van der Waals surface area contributed by atoms with Gasteiger partial charge in [-0.1, -0.05) is 23.2 Å². The first-order valence-electron chi connectivity index (χ1n) is 9.39. The van der Waals surface area contributed by atoms with Crippen molar-refractivity contribution in [3.8, 4) is 5.75 Å². The Morgan fingerprint density at radius 2 is 1.62 bits per heavy atom. The average molecular weight is 501 g/mol. The second-order valence-corrected chi connectivity index (χ2v) is 7.38. The number of non-ortho nitro benzene ring substituents is 1. The summed E-state index contributed by atoms with van der Waals surface area (Å²) in [5, 5.41) is 17.2. The van der Waals surface area contributed by atoms with Crippen LogP contribution < -0.4 is 15.5 Å². The molecule has 0 radical (unpaired) electrons. The summed E-state index contributed by atoms with van der Waals surface area (Å²) < 4.78 is 5.21. The number of rotatable bonds is 6. The molecule has 0 spiro atoms. The fourth-order valence-corrected chi connectivity index (χ4v) is 2.83. The van der Waals surface area contributed by atoms with E-state index < -0.39 is 22.7 Å². The Morgan fingerprint density at radius 1 is 0.941 bits per heavy atom. The summed E-state index contributed by atoms with van der Waals surface area (Å²) in [4.78, 5) is 46.1. The minimum atomic E-state index is -1.03. The van der Waals surface area contributed by atoms with Crippen LogP contribution in [0.5, 0.6) is 5.75 Å². The van der Waals surface area contributed by atoms with Gasteiger partial charge in [-0.05, 0) is 60.2 Å². The highest BCUT2D eigenvalue weighted by atomic mass is 35.5. The first kappa shape index (κ1) is 24.4. The Labute approximate surface area is 202 Å². The molecule has 0 saturated heterocycles. The van der Waals surface area contributed by atoms with Crippen LogP contribution in [0.1, 0.15) is 15.9 Å². The lowest BCUT2D eigenvalue weighted by Crippen LogP contribution is -2.32. The number of nitrogens with one attached hydrogen (secondary N) is 2. The van der Waals surface area contributed by atoms with Crippen LogP contribution in [0.25, 0.3) is 0 Å². The maximum Gasteiger partial charge on any atom is 0.343 e. The van der Waals surface area contributed by atoms with Gasteiger partial charge in [-0.3, -0.25) is 19.7 Å². The Bertz CT molecular complexity index is 1280. The van der Waals surface area contributed by atoms with Crippen LogP contribution in [-0.4, -0.2) is 28.9 Å². The first-order valence-corrected chi connectivity index (χ1v) is 10.1. The third kappa shape index (κ3) is 6.61. The number of carbonyl (C=O) groups is 3. The molecule has 0 aliphatic rings. The van der Waals surface area contributed by atoms with Gasteiger partial charge in [0.25, 0.3) is 5.69 Å². The van der Waals surface area contributed by atoms with E-state index in [4.69, 9.17) is 27.9 Å². The van der Waals surface area contributed by atoms with Crippen LogP contribution in [0.3, 0.4) is 0 Å². The normalized spacial score (nSPS) is 10.5. The third-order valence-corrected chi connectivity index (χ3v) is 4.73. The van der Waals surface area contributed by atoms with Crippen molar-refractivity contribution < 1.29 is 24.0 Å². The number of carbonyl (C=O) groups excluding carboxylic acids is 3. The van der Waals surface area contributed by atoms with Crippen LogP contribution in [0.15, 0.2) is 71.8 Å². The van der Waals surface area contributed by atoms with Gasteiger partial charge in [-0.2, -0.15) is 5.10 Å². The van der Waals surface area contributed by atoms with Crippen molar-refractivity contribution in [1.82, 2.24) is 5.43 Å². The van der Waals surface area contributed by atoms with Crippen LogP contribution in [0.4, 0.5) is 11.4 Å². The minimum absolute atomic E-state index is 0.141. The Balaban J connectivity index is 1.52. The number of benzene rings is 3. The fourth-order valence-electron chi connectivity index (χ4n) is 2.50. The van der Waals surface area contributed by atoms with Gasteiger partial charge in [0.2, 0.25) is 0 Å². The lowest BCUT2D eigenvalue weighted by Gasteiger charge is -2.06. The molecular formula is C22H14Cl2N4O6. The number of esters is 1. The molecule has 0 aromatic heterocycles. The molecule has 3 aromatic rings. The smallest absolute Gasteiger partial charge is 0.343 e. The zero-order chi connectivity index (χ0) is 24.7. The Hall–Kier alpha value is -4.28. The summed E-state index contributed by atoms with van der Waals surface area (Å²) >= 11 is 11.8. The van der Waals surface area contributed by atoms with Crippen molar-refractivity contribution in [3.05, 3.63) is 98.0 Å². The number of amides is 2. The van der Waals surface area contributed by atoms with E-state index in [0.717, 1.165) is 0 Å². The molecule has 172 valence electrons. The highest BCUT2D eigenvalue weighted by molar-refractivity contribution is 6.42. The van der Waals surface area contributed by atoms with E-state index >= 15 is 0 Å². The first-order chi connectivity index (χ1) is 16.2. The number of ether oxygens (including phenoxy) is 1. The number of halogens is 2. The van der Waals surface area contributed by atoms with E-state index in [0.29, 0.717) is 10.6 Å². The third-order valence-electron chi connectivity index (χ3n) is 4.17. The van der Waals surface area contributed by atoms with Crippen LogP contribution in [0, 0.1) is 10.1 Å². The van der Waals surface area contributed by atoms with Gasteiger partial charge in [-0.25, -0.2) is 10.2 Å². The summed E-state index contributed by atoms with van der Waals surface area (Å²) in [6.07, 6.45) is 1.28. The molecule has 0 saturated carbocycles. The lowest BCUT2D eigenvalue weighted by atomic mass is 10.2. The topological polar surface area (TPSA) is 140 Å². The largest absolute Gasteiger partial charge is 0.423 e. The van der Waals surface area contributed by atoms with E-state index in [2.05, 4.69) is 15.8 Å². The molecular weight excluding hydrogens is 487 g/mol. The van der Waals surface area contributed by atoms with Gasteiger partial charge in [0.05, 0.1) is 27.4 Å². The van der Waals surface area contributed by atoms with Crippen molar-refractivity contribution in [2.45, 2.75) is 0 Å². The fraction of sp³-hybridized carbons (Fsp3) is 0. The van der Waals surface area contributed by atoms with Gasteiger partial charge in [0.1, 0.15) is 5.75 Å². The Kier molecular flexibility index (Phi) is 7.91. The molecule has 0 heterocycles. The molecule has 0 atom stereocenters. The van der Waals surface area contributed by atoms with Gasteiger partial charge >= 0.3 is 17.8 Å². The maximum atomic E-state index is 12.1. The molecule has 10 nitrogen and oxygen atoms in total. The molecule has 3 rings (SSSR count). The molecule has 0 aliphatic heterocycles. The standard InChI is InChI=1S/C22H14Cl2N4O6/c23-15-5-10-18(24)19(11-15)26-20(29)21(30)27-25-12-13-1-8-17(9-2-13)34-22(31)14-3-6-16(7-4-14)28(32)33/h1-12H,(H,26,29)(H,27,30)/b25-12+. The van der Waals surface area contributed by atoms with E-state index in [1.807, 2.05) is 0 Å². The van der Waals surface area contributed by atoms with E-state index in [1.165, 1.54) is 60.8 Å². The molecule has 0 aliphatic carbocycles. The quantitative estimate of drug-likeness (QED) is 0.130. The van der Waals surface area contributed by atoms with Crippen LogP contribution >= 0.6 is 23.2 Å². The minimum Gasteiger partial charge on any atom is -0.423 e.